The standard InChI is InChI=1S/C24H24F2N2O2S/c1-17-5-2-3-8-21(17)30-15-18-13-22(31-16-18)24(29)28-11-9-27(10-12-28)14-19-6-4-7-20(25)23(19)26/h2-8,13,16H,9-12,14-15H2,1H3. The van der Waals surface area contributed by atoms with Crippen LogP contribution < -0.4 is 4.74 Å². The molecule has 1 aromatic heterocycles. The van der Waals surface area contributed by atoms with Crippen molar-refractivity contribution in [3.8, 4) is 5.75 Å². The molecule has 0 radical (unpaired) electrons. The molecule has 0 saturated carbocycles. The molecule has 0 bridgehead atoms. The van der Waals surface area contributed by atoms with Crippen LogP contribution in [0, 0.1) is 18.6 Å². The Morgan fingerprint density at radius 1 is 1.06 bits per heavy atom. The molecule has 4 nitrogen and oxygen atoms in total. The third-order valence-corrected chi connectivity index (χ3v) is 6.40. The van der Waals surface area contributed by atoms with Crippen LogP contribution in [-0.2, 0) is 13.2 Å². The van der Waals surface area contributed by atoms with Crippen molar-refractivity contribution in [2.24, 2.45) is 0 Å². The predicted molar refractivity (Wildman–Crippen MR) is 117 cm³/mol. The number of aryl methyl sites for hydroxylation is 1. The van der Waals surface area contributed by atoms with Crippen molar-refractivity contribution >= 4 is 17.2 Å². The summed E-state index contributed by atoms with van der Waals surface area (Å²) in [5.41, 5.74) is 2.39. The van der Waals surface area contributed by atoms with Gasteiger partial charge in [-0.25, -0.2) is 8.78 Å². The monoisotopic (exact) mass is 442 g/mol. The first-order valence-electron chi connectivity index (χ1n) is 10.2. The fraction of sp³-hybridized carbons (Fsp3) is 0.292. The van der Waals surface area contributed by atoms with Crippen LogP contribution in [0.25, 0.3) is 0 Å². The van der Waals surface area contributed by atoms with Crippen LogP contribution >= 0.6 is 11.3 Å². The molecular formula is C24H24F2N2O2S. The molecule has 0 N–H and O–H groups in total. The summed E-state index contributed by atoms with van der Waals surface area (Å²) in [6.45, 7) is 5.12. The van der Waals surface area contributed by atoms with Gasteiger partial charge in [0.15, 0.2) is 11.6 Å². The van der Waals surface area contributed by atoms with Crippen molar-refractivity contribution < 1.29 is 18.3 Å². The van der Waals surface area contributed by atoms with Gasteiger partial charge in [0.25, 0.3) is 5.91 Å². The summed E-state index contributed by atoms with van der Waals surface area (Å²) < 4.78 is 33.2. The van der Waals surface area contributed by atoms with Gasteiger partial charge >= 0.3 is 0 Å². The zero-order valence-electron chi connectivity index (χ0n) is 17.3. The van der Waals surface area contributed by atoms with E-state index < -0.39 is 11.6 Å². The van der Waals surface area contributed by atoms with Crippen LogP contribution in [0.15, 0.2) is 53.9 Å². The number of hydrogen-bond acceptors (Lipinski definition) is 4. The number of para-hydroxylation sites is 1. The molecule has 1 saturated heterocycles. The van der Waals surface area contributed by atoms with Gasteiger partial charge in [0.1, 0.15) is 12.4 Å². The second kappa shape index (κ2) is 9.58. The van der Waals surface area contributed by atoms with E-state index in [4.69, 9.17) is 4.74 Å². The molecule has 7 heteroatoms. The fourth-order valence-electron chi connectivity index (χ4n) is 3.62. The van der Waals surface area contributed by atoms with E-state index in [9.17, 15) is 13.6 Å². The summed E-state index contributed by atoms with van der Waals surface area (Å²) in [6.07, 6.45) is 0. The Labute approximate surface area is 184 Å². The van der Waals surface area contributed by atoms with Crippen molar-refractivity contribution in [2.45, 2.75) is 20.1 Å². The van der Waals surface area contributed by atoms with Crippen LogP contribution in [0.3, 0.4) is 0 Å². The van der Waals surface area contributed by atoms with E-state index in [1.807, 2.05) is 52.4 Å². The molecule has 4 rings (SSSR count). The Kier molecular flexibility index (Phi) is 6.63. The largest absolute Gasteiger partial charge is 0.489 e. The van der Waals surface area contributed by atoms with Gasteiger partial charge in [-0.15, -0.1) is 11.3 Å². The molecule has 162 valence electrons. The summed E-state index contributed by atoms with van der Waals surface area (Å²) in [5, 5.41) is 1.95. The van der Waals surface area contributed by atoms with E-state index >= 15 is 0 Å². The zero-order chi connectivity index (χ0) is 21.8. The third-order valence-electron chi connectivity index (χ3n) is 5.44. The summed E-state index contributed by atoms with van der Waals surface area (Å²) >= 11 is 1.42. The first-order chi connectivity index (χ1) is 15.0. The fourth-order valence-corrected chi connectivity index (χ4v) is 4.48. The normalized spacial score (nSPS) is 14.6. The highest BCUT2D eigenvalue weighted by atomic mass is 32.1. The van der Waals surface area contributed by atoms with Crippen LogP contribution in [-0.4, -0.2) is 41.9 Å². The molecular weight excluding hydrogens is 418 g/mol. The van der Waals surface area contributed by atoms with E-state index in [2.05, 4.69) is 0 Å². The smallest absolute Gasteiger partial charge is 0.264 e. The maximum atomic E-state index is 13.9. The van der Waals surface area contributed by atoms with Crippen molar-refractivity contribution in [3.63, 3.8) is 0 Å². The van der Waals surface area contributed by atoms with Gasteiger partial charge in [-0.2, -0.15) is 0 Å². The maximum Gasteiger partial charge on any atom is 0.264 e. The number of hydrogen-bond donors (Lipinski definition) is 0. The maximum absolute atomic E-state index is 13.9. The summed E-state index contributed by atoms with van der Waals surface area (Å²) in [4.78, 5) is 17.4. The Bertz CT molecular complexity index is 1060. The molecule has 2 heterocycles. The van der Waals surface area contributed by atoms with Gasteiger partial charge in [0.05, 0.1) is 4.88 Å². The minimum Gasteiger partial charge on any atom is -0.489 e. The molecule has 0 atom stereocenters. The second-order valence-electron chi connectivity index (χ2n) is 7.65. The molecule has 3 aromatic rings. The number of thiophene rings is 1. The lowest BCUT2D eigenvalue weighted by Crippen LogP contribution is -2.48. The quantitative estimate of drug-likeness (QED) is 0.546. The van der Waals surface area contributed by atoms with Crippen molar-refractivity contribution in [1.29, 1.82) is 0 Å². The molecule has 1 aliphatic heterocycles. The molecule has 1 fully saturated rings. The number of ether oxygens (including phenoxy) is 1. The van der Waals surface area contributed by atoms with Gasteiger partial charge in [0, 0.05) is 43.9 Å². The topological polar surface area (TPSA) is 32.8 Å². The van der Waals surface area contributed by atoms with Crippen LogP contribution in [0.4, 0.5) is 8.78 Å². The Morgan fingerprint density at radius 3 is 2.61 bits per heavy atom. The lowest BCUT2D eigenvalue weighted by Gasteiger charge is -2.34. The predicted octanol–water partition coefficient (Wildman–Crippen LogP) is 4.87. The van der Waals surface area contributed by atoms with E-state index in [0.717, 1.165) is 22.9 Å². The van der Waals surface area contributed by atoms with Crippen molar-refractivity contribution in [1.82, 2.24) is 9.80 Å². The Morgan fingerprint density at radius 2 is 1.84 bits per heavy atom. The lowest BCUT2D eigenvalue weighted by atomic mass is 10.1. The number of nitrogens with zero attached hydrogens (tertiary/aromatic N) is 2. The Hall–Kier alpha value is -2.77. The summed E-state index contributed by atoms with van der Waals surface area (Å²) in [6, 6.07) is 14.0. The van der Waals surface area contributed by atoms with E-state index in [1.54, 1.807) is 6.07 Å². The Balaban J connectivity index is 1.30. The second-order valence-corrected chi connectivity index (χ2v) is 8.57. The number of carbonyl (C=O) groups is 1. The average molecular weight is 443 g/mol. The van der Waals surface area contributed by atoms with Gasteiger partial charge in [-0.3, -0.25) is 9.69 Å². The molecule has 0 aliphatic carbocycles. The molecule has 1 amide bonds. The lowest BCUT2D eigenvalue weighted by molar-refractivity contribution is 0.0631. The number of halogens is 2. The average Bonchev–Trinajstić information content (AvgIpc) is 3.25. The first kappa shape index (κ1) is 21.5. The molecule has 0 spiro atoms. The SMILES string of the molecule is Cc1ccccc1OCc1csc(C(=O)N2CCN(Cc3cccc(F)c3F)CC2)c1. The minimum absolute atomic E-state index is 0.00345. The van der Waals surface area contributed by atoms with Gasteiger partial charge < -0.3 is 9.64 Å². The van der Waals surface area contributed by atoms with E-state index in [-0.39, 0.29) is 5.91 Å². The molecule has 31 heavy (non-hydrogen) atoms. The van der Waals surface area contributed by atoms with Crippen LogP contribution in [0.1, 0.15) is 26.4 Å². The van der Waals surface area contributed by atoms with Gasteiger partial charge in [-0.05, 0) is 36.1 Å². The van der Waals surface area contributed by atoms with Gasteiger partial charge in [0.2, 0.25) is 0 Å². The number of carbonyl (C=O) groups excluding carboxylic acids is 1. The molecule has 0 unspecified atom stereocenters. The van der Waals surface area contributed by atoms with E-state index in [1.165, 1.54) is 17.4 Å². The first-order valence-corrected chi connectivity index (χ1v) is 11.1. The van der Waals surface area contributed by atoms with E-state index in [0.29, 0.717) is 49.8 Å². The zero-order valence-corrected chi connectivity index (χ0v) is 18.1. The van der Waals surface area contributed by atoms with Crippen LogP contribution in [0.2, 0.25) is 0 Å². The highest BCUT2D eigenvalue weighted by molar-refractivity contribution is 7.12. The number of amides is 1. The number of rotatable bonds is 6. The number of benzene rings is 2. The van der Waals surface area contributed by atoms with Crippen molar-refractivity contribution in [3.05, 3.63) is 87.1 Å². The third kappa shape index (κ3) is 5.11. The molecule has 2 aromatic carbocycles. The summed E-state index contributed by atoms with van der Waals surface area (Å²) in [5.74, 6) is -0.776. The van der Waals surface area contributed by atoms with Crippen LogP contribution in [0.5, 0.6) is 5.75 Å². The molecule has 1 aliphatic rings. The minimum atomic E-state index is -0.828. The van der Waals surface area contributed by atoms with Crippen molar-refractivity contribution in [2.75, 3.05) is 26.2 Å². The highest BCUT2D eigenvalue weighted by Gasteiger charge is 2.24. The highest BCUT2D eigenvalue weighted by Crippen LogP contribution is 2.22. The summed E-state index contributed by atoms with van der Waals surface area (Å²) in [7, 11) is 0. The van der Waals surface area contributed by atoms with Gasteiger partial charge in [-0.1, -0.05) is 30.3 Å². The number of piperazine rings is 1.